The van der Waals surface area contributed by atoms with Gasteiger partial charge in [0.25, 0.3) is 0 Å². The molecule has 1 saturated heterocycles. The van der Waals surface area contributed by atoms with Gasteiger partial charge in [0.2, 0.25) is 0 Å². The van der Waals surface area contributed by atoms with E-state index in [-0.39, 0.29) is 23.7 Å². The number of amides is 2. The molecule has 0 unspecified atom stereocenters. The number of carbonyl (C=O) groups is 1. The molecule has 1 heterocycles. The summed E-state index contributed by atoms with van der Waals surface area (Å²) < 4.78 is 6.01. The zero-order chi connectivity index (χ0) is 17.0. The Bertz CT molecular complexity index is 632. The van der Waals surface area contributed by atoms with Gasteiger partial charge in [-0.05, 0) is 50.3 Å². The Morgan fingerprint density at radius 1 is 1.42 bits per heavy atom. The molecule has 1 aliphatic carbocycles. The topological polar surface area (TPSA) is 74.2 Å². The highest BCUT2D eigenvalue weighted by Crippen LogP contribution is 2.39. The lowest BCUT2D eigenvalue weighted by molar-refractivity contribution is -0.0820. The molecule has 128 valence electrons. The van der Waals surface area contributed by atoms with Gasteiger partial charge in [-0.3, -0.25) is 0 Å². The number of carbonyl (C=O) groups excluding carboxylic acids is 1. The van der Waals surface area contributed by atoms with Gasteiger partial charge in [-0.15, -0.1) is 0 Å². The van der Waals surface area contributed by atoms with Crippen LogP contribution in [0.3, 0.4) is 0 Å². The van der Waals surface area contributed by atoms with Gasteiger partial charge in [0.1, 0.15) is 0 Å². The number of nitrogens with zero attached hydrogens (tertiary/aromatic N) is 1. The van der Waals surface area contributed by atoms with Crippen LogP contribution in [0.5, 0.6) is 0 Å². The lowest BCUT2D eigenvalue weighted by Crippen LogP contribution is -2.50. The van der Waals surface area contributed by atoms with E-state index in [1.807, 2.05) is 25.1 Å². The molecule has 1 saturated carbocycles. The highest BCUT2D eigenvalue weighted by molar-refractivity contribution is 5.74. The maximum atomic E-state index is 12.3. The summed E-state index contributed by atoms with van der Waals surface area (Å²) in [5, 5.41) is 15.1. The van der Waals surface area contributed by atoms with Gasteiger partial charge in [-0.2, -0.15) is 5.26 Å². The summed E-state index contributed by atoms with van der Waals surface area (Å²) in [7, 11) is 0. The highest BCUT2D eigenvalue weighted by atomic mass is 16.5. The minimum atomic E-state index is -0.148. The Morgan fingerprint density at radius 3 is 2.96 bits per heavy atom. The molecule has 2 atom stereocenters. The first-order valence-corrected chi connectivity index (χ1v) is 8.81. The van der Waals surface area contributed by atoms with Crippen molar-refractivity contribution in [3.63, 3.8) is 0 Å². The van der Waals surface area contributed by atoms with Crippen molar-refractivity contribution < 1.29 is 9.53 Å². The maximum absolute atomic E-state index is 12.3. The van der Waals surface area contributed by atoms with Gasteiger partial charge in [0.05, 0.1) is 23.3 Å². The van der Waals surface area contributed by atoms with Crippen LogP contribution in [-0.2, 0) is 4.74 Å². The number of ether oxygens (including phenoxy) is 1. The van der Waals surface area contributed by atoms with E-state index in [0.717, 1.165) is 37.9 Å². The summed E-state index contributed by atoms with van der Waals surface area (Å²) >= 11 is 0. The second-order valence-electron chi connectivity index (χ2n) is 7.01. The molecule has 5 heteroatoms. The Balaban J connectivity index is 1.54. The molecule has 1 aromatic carbocycles. The van der Waals surface area contributed by atoms with Crippen LogP contribution in [-0.4, -0.2) is 24.3 Å². The van der Waals surface area contributed by atoms with Gasteiger partial charge in [-0.1, -0.05) is 25.0 Å². The molecule has 0 bridgehead atoms. The number of nitriles is 1. The number of hydrogen-bond acceptors (Lipinski definition) is 3. The zero-order valence-corrected chi connectivity index (χ0v) is 14.2. The molecule has 3 rings (SSSR count). The van der Waals surface area contributed by atoms with E-state index < -0.39 is 0 Å². The first kappa shape index (κ1) is 16.8. The molecule has 5 nitrogen and oxygen atoms in total. The van der Waals surface area contributed by atoms with Crippen molar-refractivity contribution in [2.24, 2.45) is 0 Å². The zero-order valence-electron chi connectivity index (χ0n) is 14.2. The van der Waals surface area contributed by atoms with Gasteiger partial charge in [0.15, 0.2) is 0 Å². The second kappa shape index (κ2) is 7.23. The lowest BCUT2D eigenvalue weighted by atomic mass is 9.89. The first-order valence-electron chi connectivity index (χ1n) is 8.81. The molecule has 2 amide bonds. The molecule has 2 fully saturated rings. The standard InChI is InChI=1S/C19H25N3O2/c1-14(16-6-4-5-15(11-16)13-20)21-18(23)22-17-7-10-24-19(12-17)8-2-3-9-19/h4-6,11,14,17H,2-3,7-10,12H2,1H3,(H2,21,22,23)/t14-,17-/m1/s1. The smallest absolute Gasteiger partial charge is 0.315 e. The van der Waals surface area contributed by atoms with E-state index in [1.165, 1.54) is 12.8 Å². The SMILES string of the molecule is C[C@@H](NC(=O)N[C@@H]1CCOC2(CCCC2)C1)c1cccc(C#N)c1. The summed E-state index contributed by atoms with van der Waals surface area (Å²) in [6.07, 6.45) is 6.47. The Morgan fingerprint density at radius 2 is 2.21 bits per heavy atom. The van der Waals surface area contributed by atoms with E-state index in [1.54, 1.807) is 6.07 Å². The number of urea groups is 1. The van der Waals surface area contributed by atoms with E-state index >= 15 is 0 Å². The monoisotopic (exact) mass is 327 g/mol. The van der Waals surface area contributed by atoms with Gasteiger partial charge < -0.3 is 15.4 Å². The van der Waals surface area contributed by atoms with Crippen molar-refractivity contribution in [2.75, 3.05) is 6.61 Å². The summed E-state index contributed by atoms with van der Waals surface area (Å²) in [6, 6.07) is 9.35. The minimum absolute atomic E-state index is 0.00292. The van der Waals surface area contributed by atoms with Crippen LogP contribution in [0.4, 0.5) is 4.79 Å². The van der Waals surface area contributed by atoms with Crippen LogP contribution in [0.1, 0.15) is 62.6 Å². The van der Waals surface area contributed by atoms with Crippen LogP contribution < -0.4 is 10.6 Å². The summed E-state index contributed by atoms with van der Waals surface area (Å²) in [5.41, 5.74) is 1.54. The quantitative estimate of drug-likeness (QED) is 0.893. The summed E-state index contributed by atoms with van der Waals surface area (Å²) in [5.74, 6) is 0. The third-order valence-electron chi connectivity index (χ3n) is 5.21. The van der Waals surface area contributed by atoms with Gasteiger partial charge >= 0.3 is 6.03 Å². The van der Waals surface area contributed by atoms with Crippen molar-refractivity contribution >= 4 is 6.03 Å². The number of hydrogen-bond donors (Lipinski definition) is 2. The number of nitrogens with one attached hydrogen (secondary N) is 2. The van der Waals surface area contributed by atoms with E-state index in [9.17, 15) is 4.79 Å². The van der Waals surface area contributed by atoms with Crippen molar-refractivity contribution in [1.82, 2.24) is 10.6 Å². The molecule has 0 radical (unpaired) electrons. The highest BCUT2D eigenvalue weighted by Gasteiger charge is 2.40. The molecule has 0 aromatic heterocycles. The third kappa shape index (κ3) is 3.88. The van der Waals surface area contributed by atoms with Crippen LogP contribution in [0.15, 0.2) is 24.3 Å². The Kier molecular flexibility index (Phi) is 5.06. The number of rotatable bonds is 3. The summed E-state index contributed by atoms with van der Waals surface area (Å²) in [6.45, 7) is 2.66. The molecular formula is C19H25N3O2. The van der Waals surface area contributed by atoms with E-state index in [0.29, 0.717) is 5.56 Å². The molecule has 2 N–H and O–H groups in total. The van der Waals surface area contributed by atoms with Crippen LogP contribution >= 0.6 is 0 Å². The van der Waals surface area contributed by atoms with Gasteiger partial charge in [-0.25, -0.2) is 4.79 Å². The fourth-order valence-corrected chi connectivity index (χ4v) is 3.90. The van der Waals surface area contributed by atoms with E-state index in [2.05, 4.69) is 16.7 Å². The normalized spacial score (nSPS) is 23.4. The average molecular weight is 327 g/mol. The molecule has 1 aliphatic heterocycles. The maximum Gasteiger partial charge on any atom is 0.315 e. The van der Waals surface area contributed by atoms with Crippen molar-refractivity contribution in [3.05, 3.63) is 35.4 Å². The van der Waals surface area contributed by atoms with Crippen LogP contribution in [0, 0.1) is 11.3 Å². The molecule has 2 aliphatic rings. The third-order valence-corrected chi connectivity index (χ3v) is 5.21. The largest absolute Gasteiger partial charge is 0.375 e. The fraction of sp³-hybridized carbons (Fsp3) is 0.579. The average Bonchev–Trinajstić information content (AvgIpc) is 3.02. The van der Waals surface area contributed by atoms with Crippen molar-refractivity contribution in [1.29, 1.82) is 5.26 Å². The summed E-state index contributed by atoms with van der Waals surface area (Å²) in [4.78, 5) is 12.3. The predicted octanol–water partition coefficient (Wildman–Crippen LogP) is 3.41. The second-order valence-corrected chi connectivity index (χ2v) is 7.01. The predicted molar refractivity (Wildman–Crippen MR) is 91.4 cm³/mol. The molecule has 24 heavy (non-hydrogen) atoms. The van der Waals surface area contributed by atoms with Crippen molar-refractivity contribution in [2.45, 2.75) is 63.1 Å². The fourth-order valence-electron chi connectivity index (χ4n) is 3.90. The minimum Gasteiger partial charge on any atom is -0.375 e. The molecule has 1 spiro atoms. The Labute approximate surface area is 143 Å². The lowest BCUT2D eigenvalue weighted by Gasteiger charge is -2.38. The Hall–Kier alpha value is -2.06. The molecule has 1 aromatic rings. The van der Waals surface area contributed by atoms with Crippen molar-refractivity contribution in [3.8, 4) is 6.07 Å². The van der Waals surface area contributed by atoms with Crippen LogP contribution in [0.25, 0.3) is 0 Å². The van der Waals surface area contributed by atoms with Gasteiger partial charge in [0, 0.05) is 12.6 Å². The molecular weight excluding hydrogens is 302 g/mol. The van der Waals surface area contributed by atoms with E-state index in [4.69, 9.17) is 10.00 Å². The number of benzene rings is 1. The van der Waals surface area contributed by atoms with Crippen LogP contribution in [0.2, 0.25) is 0 Å². The first-order chi connectivity index (χ1) is 11.6.